The first-order valence-electron chi connectivity index (χ1n) is 6.29. The molecule has 4 nitrogen and oxygen atoms in total. The van der Waals surface area contributed by atoms with E-state index in [1.165, 1.54) is 35.9 Å². The Labute approximate surface area is 122 Å². The number of carbonyl (C=O) groups is 2. The smallest absolute Gasteiger partial charge is 0.325 e. The van der Waals surface area contributed by atoms with Crippen LogP contribution in [0, 0.1) is 5.82 Å². The minimum atomic E-state index is -0.425. The number of methoxy groups -OCH3 is 1. The highest BCUT2D eigenvalue weighted by Gasteiger charge is 2.15. The Morgan fingerprint density at radius 1 is 1.30 bits per heavy atom. The van der Waals surface area contributed by atoms with E-state index in [2.05, 4.69) is 4.74 Å². The van der Waals surface area contributed by atoms with Gasteiger partial charge in [-0.25, -0.2) is 4.39 Å². The summed E-state index contributed by atoms with van der Waals surface area (Å²) in [6, 6.07) is 6.13. The Morgan fingerprint density at radius 2 is 1.95 bits per heavy atom. The van der Waals surface area contributed by atoms with E-state index in [1.54, 1.807) is 12.1 Å². The molecule has 0 bridgehead atoms. The Hall–Kier alpha value is -1.56. The lowest BCUT2D eigenvalue weighted by atomic mass is 10.3. The van der Waals surface area contributed by atoms with Crippen LogP contribution in [-0.4, -0.2) is 42.7 Å². The van der Waals surface area contributed by atoms with Gasteiger partial charge in [0.1, 0.15) is 12.4 Å². The molecular weight excluding hydrogens is 281 g/mol. The Morgan fingerprint density at radius 3 is 2.50 bits per heavy atom. The van der Waals surface area contributed by atoms with E-state index in [-0.39, 0.29) is 18.3 Å². The summed E-state index contributed by atoms with van der Waals surface area (Å²) in [6.07, 6.45) is 0.326. The van der Waals surface area contributed by atoms with E-state index in [0.29, 0.717) is 18.7 Å². The van der Waals surface area contributed by atoms with Crippen molar-refractivity contribution in [3.8, 4) is 0 Å². The fraction of sp³-hybridized carbons (Fsp3) is 0.429. The number of nitrogens with zero attached hydrogens (tertiary/aromatic N) is 1. The molecule has 0 radical (unpaired) electrons. The van der Waals surface area contributed by atoms with Gasteiger partial charge in [0.25, 0.3) is 0 Å². The summed E-state index contributed by atoms with van der Waals surface area (Å²) in [5, 5.41) is 0. The van der Waals surface area contributed by atoms with Gasteiger partial charge in [0.15, 0.2) is 0 Å². The number of benzene rings is 1. The van der Waals surface area contributed by atoms with Gasteiger partial charge >= 0.3 is 5.97 Å². The van der Waals surface area contributed by atoms with Gasteiger partial charge in [0.05, 0.1) is 7.11 Å². The highest BCUT2D eigenvalue weighted by atomic mass is 32.2. The molecule has 1 aromatic carbocycles. The van der Waals surface area contributed by atoms with Gasteiger partial charge in [0.2, 0.25) is 5.91 Å². The van der Waals surface area contributed by atoms with Crippen molar-refractivity contribution in [3.05, 3.63) is 30.1 Å². The number of halogens is 1. The molecule has 20 heavy (non-hydrogen) atoms. The summed E-state index contributed by atoms with van der Waals surface area (Å²) >= 11 is 1.48. The second-order valence-corrected chi connectivity index (χ2v) is 5.20. The Bertz CT molecular complexity index is 450. The molecule has 1 amide bonds. The molecule has 0 fully saturated rings. The highest BCUT2D eigenvalue weighted by molar-refractivity contribution is 7.99. The number of hydrogen-bond acceptors (Lipinski definition) is 4. The van der Waals surface area contributed by atoms with Crippen molar-refractivity contribution < 1.29 is 18.7 Å². The van der Waals surface area contributed by atoms with E-state index in [9.17, 15) is 14.0 Å². The summed E-state index contributed by atoms with van der Waals surface area (Å²) in [7, 11) is 1.30. The molecule has 0 aliphatic carbocycles. The van der Waals surface area contributed by atoms with Gasteiger partial charge in [-0.1, -0.05) is 0 Å². The standard InChI is InChI=1S/C14H18FNO3S/c1-3-16(10-14(18)19-2)13(17)8-9-20-12-6-4-11(15)5-7-12/h4-7H,3,8-10H2,1-2H3. The predicted molar refractivity (Wildman–Crippen MR) is 76.0 cm³/mol. The van der Waals surface area contributed by atoms with Crippen LogP contribution in [0.15, 0.2) is 29.2 Å². The van der Waals surface area contributed by atoms with E-state index in [1.807, 2.05) is 6.92 Å². The average Bonchev–Trinajstić information content (AvgIpc) is 2.46. The van der Waals surface area contributed by atoms with Crippen LogP contribution < -0.4 is 0 Å². The topological polar surface area (TPSA) is 46.6 Å². The van der Waals surface area contributed by atoms with Gasteiger partial charge in [-0.05, 0) is 31.2 Å². The van der Waals surface area contributed by atoms with Gasteiger partial charge in [0, 0.05) is 23.6 Å². The molecule has 1 rings (SSSR count). The predicted octanol–water partition coefficient (Wildman–Crippen LogP) is 2.33. The monoisotopic (exact) mass is 299 g/mol. The van der Waals surface area contributed by atoms with Gasteiger partial charge in [-0.2, -0.15) is 0 Å². The van der Waals surface area contributed by atoms with Crippen molar-refractivity contribution in [2.24, 2.45) is 0 Å². The van der Waals surface area contributed by atoms with Gasteiger partial charge < -0.3 is 9.64 Å². The van der Waals surface area contributed by atoms with Crippen LogP contribution in [0.2, 0.25) is 0 Å². The second kappa shape index (κ2) is 8.58. The van der Waals surface area contributed by atoms with Gasteiger partial charge in [-0.3, -0.25) is 9.59 Å². The van der Waals surface area contributed by atoms with Crippen LogP contribution in [0.4, 0.5) is 4.39 Å². The molecule has 0 saturated heterocycles. The fourth-order valence-corrected chi connectivity index (χ4v) is 2.38. The van der Waals surface area contributed by atoms with Crippen molar-refractivity contribution in [1.82, 2.24) is 4.90 Å². The molecule has 0 aliphatic rings. The lowest BCUT2D eigenvalue weighted by Crippen LogP contribution is -2.36. The lowest BCUT2D eigenvalue weighted by Gasteiger charge is -2.19. The summed E-state index contributed by atoms with van der Waals surface area (Å²) in [6.45, 7) is 2.26. The van der Waals surface area contributed by atoms with Crippen LogP contribution in [0.3, 0.4) is 0 Å². The van der Waals surface area contributed by atoms with Crippen molar-refractivity contribution in [3.63, 3.8) is 0 Å². The molecule has 6 heteroatoms. The van der Waals surface area contributed by atoms with Crippen molar-refractivity contribution in [1.29, 1.82) is 0 Å². The Balaban J connectivity index is 2.37. The number of esters is 1. The molecule has 110 valence electrons. The number of ether oxygens (including phenoxy) is 1. The maximum absolute atomic E-state index is 12.7. The molecule has 0 spiro atoms. The summed E-state index contributed by atoms with van der Waals surface area (Å²) in [5.41, 5.74) is 0. The molecule has 0 atom stereocenters. The maximum atomic E-state index is 12.7. The van der Waals surface area contributed by atoms with Crippen molar-refractivity contribution >= 4 is 23.6 Å². The molecule has 0 heterocycles. The zero-order valence-corrected chi connectivity index (χ0v) is 12.4. The summed E-state index contributed by atoms with van der Waals surface area (Å²) < 4.78 is 17.3. The molecule has 0 aliphatic heterocycles. The minimum absolute atomic E-state index is 0.0208. The van der Waals surface area contributed by atoms with Crippen LogP contribution in [0.25, 0.3) is 0 Å². The number of hydrogen-bond donors (Lipinski definition) is 0. The molecule has 0 N–H and O–H groups in total. The quantitative estimate of drug-likeness (QED) is 0.572. The number of thioether (sulfide) groups is 1. The normalized spacial score (nSPS) is 10.2. The third-order valence-corrected chi connectivity index (χ3v) is 3.69. The number of likely N-dealkylation sites (N-methyl/N-ethyl adjacent to an activating group) is 1. The lowest BCUT2D eigenvalue weighted by molar-refractivity contribution is -0.146. The minimum Gasteiger partial charge on any atom is -0.468 e. The first kappa shape index (κ1) is 16.5. The van der Waals surface area contributed by atoms with Crippen LogP contribution in [0.5, 0.6) is 0 Å². The van der Waals surface area contributed by atoms with Crippen LogP contribution in [0.1, 0.15) is 13.3 Å². The number of carbonyl (C=O) groups excluding carboxylic acids is 2. The maximum Gasteiger partial charge on any atom is 0.325 e. The van der Waals surface area contributed by atoms with Crippen molar-refractivity contribution in [2.45, 2.75) is 18.2 Å². The van der Waals surface area contributed by atoms with Crippen molar-refractivity contribution in [2.75, 3.05) is 26.0 Å². The first-order valence-corrected chi connectivity index (χ1v) is 7.28. The van der Waals surface area contributed by atoms with E-state index in [0.717, 1.165) is 4.90 Å². The summed E-state index contributed by atoms with van der Waals surface area (Å²) in [4.78, 5) is 25.4. The average molecular weight is 299 g/mol. The molecule has 1 aromatic rings. The third kappa shape index (κ3) is 5.61. The molecular formula is C14H18FNO3S. The molecule has 0 aromatic heterocycles. The van der Waals surface area contributed by atoms with E-state index < -0.39 is 5.97 Å². The van der Waals surface area contributed by atoms with Crippen LogP contribution in [-0.2, 0) is 14.3 Å². The van der Waals surface area contributed by atoms with E-state index in [4.69, 9.17) is 0 Å². The largest absolute Gasteiger partial charge is 0.468 e. The zero-order valence-electron chi connectivity index (χ0n) is 11.6. The second-order valence-electron chi connectivity index (χ2n) is 4.04. The number of rotatable bonds is 7. The first-order chi connectivity index (χ1) is 9.56. The number of amides is 1. The Kier molecular flexibility index (Phi) is 7.08. The highest BCUT2D eigenvalue weighted by Crippen LogP contribution is 2.19. The third-order valence-electron chi connectivity index (χ3n) is 2.68. The van der Waals surface area contributed by atoms with Gasteiger partial charge in [-0.15, -0.1) is 11.8 Å². The fourth-order valence-electron chi connectivity index (χ4n) is 1.54. The molecule has 0 saturated carbocycles. The molecule has 0 unspecified atom stereocenters. The van der Waals surface area contributed by atoms with Crippen LogP contribution >= 0.6 is 11.8 Å². The van der Waals surface area contributed by atoms with E-state index >= 15 is 0 Å². The summed E-state index contributed by atoms with van der Waals surface area (Å²) in [5.74, 6) is -0.207. The zero-order chi connectivity index (χ0) is 15.0. The SMILES string of the molecule is CCN(CC(=O)OC)C(=O)CCSc1ccc(F)cc1.